The molecule has 1 aliphatic carbocycles. The topological polar surface area (TPSA) is 35.2 Å². The zero-order valence-corrected chi connectivity index (χ0v) is 10.6. The maximum atomic E-state index is 5.76. The van der Waals surface area contributed by atoms with Crippen molar-refractivity contribution in [3.8, 4) is 5.75 Å². The molecule has 0 aromatic heterocycles. The summed E-state index contributed by atoms with van der Waals surface area (Å²) < 4.78 is 5.13. The van der Waals surface area contributed by atoms with Crippen LogP contribution in [0.3, 0.4) is 0 Å². The molecule has 0 saturated heterocycles. The molecule has 0 atom stereocenters. The van der Waals surface area contributed by atoms with Gasteiger partial charge in [-0.25, -0.2) is 0 Å². The van der Waals surface area contributed by atoms with Crippen LogP contribution in [0.4, 0.5) is 0 Å². The van der Waals surface area contributed by atoms with Crippen LogP contribution in [0.25, 0.3) is 0 Å². The molecule has 16 heavy (non-hydrogen) atoms. The normalized spacial score (nSPS) is 17.1. The number of benzene rings is 1. The SMILES string of the molecule is COc1ccc(SCCC2(CN)CC2)cc1. The molecular formula is C13H19NOS. The van der Waals surface area contributed by atoms with Crippen molar-refractivity contribution in [2.75, 3.05) is 19.4 Å². The Bertz CT molecular complexity index is 332. The molecule has 0 amide bonds. The highest BCUT2D eigenvalue weighted by Gasteiger charge is 2.40. The Hall–Kier alpha value is -0.670. The van der Waals surface area contributed by atoms with Crippen molar-refractivity contribution in [3.63, 3.8) is 0 Å². The van der Waals surface area contributed by atoms with E-state index in [1.54, 1.807) is 7.11 Å². The minimum Gasteiger partial charge on any atom is -0.497 e. The second-order valence-corrected chi connectivity index (χ2v) is 5.65. The Morgan fingerprint density at radius 1 is 1.31 bits per heavy atom. The lowest BCUT2D eigenvalue weighted by Crippen LogP contribution is -2.15. The van der Waals surface area contributed by atoms with E-state index in [1.165, 1.54) is 29.9 Å². The first-order valence-corrected chi connectivity index (χ1v) is 6.73. The molecule has 1 aromatic rings. The first-order valence-electron chi connectivity index (χ1n) is 5.75. The predicted octanol–water partition coefficient (Wildman–Crippen LogP) is 2.92. The minimum absolute atomic E-state index is 0.499. The van der Waals surface area contributed by atoms with Gasteiger partial charge in [-0.15, -0.1) is 11.8 Å². The summed E-state index contributed by atoms with van der Waals surface area (Å²) in [6, 6.07) is 8.26. The van der Waals surface area contributed by atoms with Gasteiger partial charge in [0, 0.05) is 4.90 Å². The minimum atomic E-state index is 0.499. The standard InChI is InChI=1S/C13H19NOS/c1-15-11-2-4-12(5-3-11)16-9-8-13(10-14)6-7-13/h2-5H,6-10,14H2,1H3. The zero-order chi connectivity index (χ0) is 11.4. The molecular weight excluding hydrogens is 218 g/mol. The predicted molar refractivity (Wildman–Crippen MR) is 69.1 cm³/mol. The monoisotopic (exact) mass is 237 g/mol. The lowest BCUT2D eigenvalue weighted by atomic mass is 10.1. The van der Waals surface area contributed by atoms with Gasteiger partial charge in [0.2, 0.25) is 0 Å². The highest BCUT2D eigenvalue weighted by atomic mass is 32.2. The average Bonchev–Trinajstić information content (AvgIpc) is 3.11. The van der Waals surface area contributed by atoms with E-state index >= 15 is 0 Å². The summed E-state index contributed by atoms with van der Waals surface area (Å²) >= 11 is 1.91. The fourth-order valence-corrected chi connectivity index (χ4v) is 2.89. The van der Waals surface area contributed by atoms with Crippen molar-refractivity contribution in [2.45, 2.75) is 24.2 Å². The fraction of sp³-hybridized carbons (Fsp3) is 0.538. The third-order valence-electron chi connectivity index (χ3n) is 3.35. The van der Waals surface area contributed by atoms with Crippen LogP contribution in [-0.4, -0.2) is 19.4 Å². The van der Waals surface area contributed by atoms with Crippen molar-refractivity contribution in [1.29, 1.82) is 0 Å². The van der Waals surface area contributed by atoms with E-state index in [-0.39, 0.29) is 0 Å². The van der Waals surface area contributed by atoms with Crippen LogP contribution < -0.4 is 10.5 Å². The molecule has 0 bridgehead atoms. The molecule has 2 rings (SSSR count). The first kappa shape index (κ1) is 11.8. The van der Waals surface area contributed by atoms with Crippen LogP contribution in [0.15, 0.2) is 29.2 Å². The molecule has 3 heteroatoms. The van der Waals surface area contributed by atoms with Gasteiger partial charge in [-0.05, 0) is 61.2 Å². The number of ether oxygens (including phenoxy) is 1. The lowest BCUT2D eigenvalue weighted by Gasteiger charge is -2.11. The van der Waals surface area contributed by atoms with E-state index < -0.39 is 0 Å². The smallest absolute Gasteiger partial charge is 0.118 e. The van der Waals surface area contributed by atoms with E-state index in [1.807, 2.05) is 23.9 Å². The zero-order valence-electron chi connectivity index (χ0n) is 9.74. The molecule has 1 aliphatic rings. The maximum Gasteiger partial charge on any atom is 0.118 e. The van der Waals surface area contributed by atoms with Crippen LogP contribution >= 0.6 is 11.8 Å². The second kappa shape index (κ2) is 5.11. The molecule has 0 unspecified atom stereocenters. The number of hydrogen-bond donors (Lipinski definition) is 1. The summed E-state index contributed by atoms with van der Waals surface area (Å²) in [4.78, 5) is 1.31. The van der Waals surface area contributed by atoms with E-state index in [9.17, 15) is 0 Å². The third kappa shape index (κ3) is 2.92. The molecule has 1 aromatic carbocycles. The third-order valence-corrected chi connectivity index (χ3v) is 4.36. The number of thioether (sulfide) groups is 1. The Morgan fingerprint density at radius 2 is 2.00 bits per heavy atom. The molecule has 0 heterocycles. The lowest BCUT2D eigenvalue weighted by molar-refractivity contribution is 0.414. The van der Waals surface area contributed by atoms with Crippen LogP contribution in [0, 0.1) is 5.41 Å². The van der Waals surface area contributed by atoms with Crippen LogP contribution in [0.5, 0.6) is 5.75 Å². The highest BCUT2D eigenvalue weighted by Crippen LogP contribution is 2.48. The van der Waals surface area contributed by atoms with Gasteiger partial charge in [0.05, 0.1) is 7.11 Å². The van der Waals surface area contributed by atoms with Gasteiger partial charge in [0.25, 0.3) is 0 Å². The van der Waals surface area contributed by atoms with Gasteiger partial charge in [-0.3, -0.25) is 0 Å². The molecule has 0 radical (unpaired) electrons. The van der Waals surface area contributed by atoms with Crippen molar-refractivity contribution < 1.29 is 4.74 Å². The van der Waals surface area contributed by atoms with Gasteiger partial charge < -0.3 is 10.5 Å². The summed E-state index contributed by atoms with van der Waals surface area (Å²) in [6.45, 7) is 0.857. The van der Waals surface area contributed by atoms with E-state index in [0.29, 0.717) is 5.41 Å². The number of methoxy groups -OCH3 is 1. The second-order valence-electron chi connectivity index (χ2n) is 4.48. The van der Waals surface area contributed by atoms with Gasteiger partial charge in [0.1, 0.15) is 5.75 Å². The van der Waals surface area contributed by atoms with Crippen LogP contribution in [0.1, 0.15) is 19.3 Å². The molecule has 2 N–H and O–H groups in total. The molecule has 0 spiro atoms. The Kier molecular flexibility index (Phi) is 3.77. The Morgan fingerprint density at radius 3 is 2.50 bits per heavy atom. The van der Waals surface area contributed by atoms with Crippen molar-refractivity contribution in [3.05, 3.63) is 24.3 Å². The maximum absolute atomic E-state index is 5.76. The number of nitrogens with two attached hydrogens (primary N) is 1. The van der Waals surface area contributed by atoms with Gasteiger partial charge in [-0.1, -0.05) is 0 Å². The molecule has 1 saturated carbocycles. The average molecular weight is 237 g/mol. The van der Waals surface area contributed by atoms with Gasteiger partial charge >= 0.3 is 0 Å². The van der Waals surface area contributed by atoms with Crippen LogP contribution in [-0.2, 0) is 0 Å². The molecule has 88 valence electrons. The fourth-order valence-electron chi connectivity index (χ4n) is 1.79. The van der Waals surface area contributed by atoms with E-state index in [4.69, 9.17) is 10.5 Å². The summed E-state index contributed by atoms with van der Waals surface area (Å²) in [6.07, 6.45) is 3.90. The van der Waals surface area contributed by atoms with Crippen molar-refractivity contribution >= 4 is 11.8 Å². The van der Waals surface area contributed by atoms with Crippen molar-refractivity contribution in [1.82, 2.24) is 0 Å². The summed E-state index contributed by atoms with van der Waals surface area (Å²) in [5.41, 5.74) is 6.26. The molecule has 1 fully saturated rings. The first-order chi connectivity index (χ1) is 7.78. The number of rotatable bonds is 6. The highest BCUT2D eigenvalue weighted by molar-refractivity contribution is 7.99. The Labute approximate surface area is 102 Å². The van der Waals surface area contributed by atoms with E-state index in [0.717, 1.165) is 12.3 Å². The largest absolute Gasteiger partial charge is 0.497 e. The van der Waals surface area contributed by atoms with Gasteiger partial charge in [-0.2, -0.15) is 0 Å². The van der Waals surface area contributed by atoms with Crippen molar-refractivity contribution in [2.24, 2.45) is 11.1 Å². The van der Waals surface area contributed by atoms with Gasteiger partial charge in [0.15, 0.2) is 0 Å². The van der Waals surface area contributed by atoms with Crippen LogP contribution in [0.2, 0.25) is 0 Å². The quantitative estimate of drug-likeness (QED) is 0.773. The summed E-state index contributed by atoms with van der Waals surface area (Å²) in [5, 5.41) is 0. The molecule has 2 nitrogen and oxygen atoms in total. The van der Waals surface area contributed by atoms with E-state index in [2.05, 4.69) is 12.1 Å². The summed E-state index contributed by atoms with van der Waals surface area (Å²) in [7, 11) is 1.69. The summed E-state index contributed by atoms with van der Waals surface area (Å²) in [5.74, 6) is 2.09. The molecule has 0 aliphatic heterocycles. The number of hydrogen-bond acceptors (Lipinski definition) is 3. The Balaban J connectivity index is 1.76.